The molecule has 0 saturated carbocycles. The molecule has 1 aliphatic heterocycles. The average Bonchev–Trinajstić information content (AvgIpc) is 2.39. The van der Waals surface area contributed by atoms with Crippen molar-refractivity contribution >= 4 is 16.0 Å². The maximum atomic E-state index is 13.7. The van der Waals surface area contributed by atoms with E-state index in [0.29, 0.717) is 6.42 Å². The zero-order valence-corrected chi connectivity index (χ0v) is 10.7. The fourth-order valence-corrected chi connectivity index (χ4v) is 3.31. The van der Waals surface area contributed by atoms with Gasteiger partial charge >= 0.3 is 5.97 Å². The molecule has 2 rings (SSSR count). The number of nitrogens with zero attached hydrogens (tertiary/aromatic N) is 1. The zero-order chi connectivity index (χ0) is 14.0. The Bertz CT molecular complexity index is 639. The van der Waals surface area contributed by atoms with E-state index in [2.05, 4.69) is 0 Å². The minimum absolute atomic E-state index is 0.166. The summed E-state index contributed by atoms with van der Waals surface area (Å²) in [7, 11) is -4.00. The second-order valence-electron chi connectivity index (χ2n) is 4.07. The first kappa shape index (κ1) is 13.7. The molecule has 0 fully saturated rings. The lowest BCUT2D eigenvalue weighted by molar-refractivity contribution is 0.0696. The van der Waals surface area contributed by atoms with E-state index in [9.17, 15) is 17.6 Å². The third-order valence-corrected chi connectivity index (χ3v) is 4.70. The Balaban J connectivity index is 2.47. The van der Waals surface area contributed by atoms with E-state index in [0.717, 1.165) is 22.5 Å². The van der Waals surface area contributed by atoms with E-state index < -0.39 is 26.7 Å². The van der Waals surface area contributed by atoms with Crippen LogP contribution in [-0.4, -0.2) is 36.9 Å². The van der Waals surface area contributed by atoms with Crippen molar-refractivity contribution in [3.05, 3.63) is 41.7 Å². The van der Waals surface area contributed by atoms with Crippen LogP contribution in [0.5, 0.6) is 0 Å². The van der Waals surface area contributed by atoms with E-state index in [1.165, 1.54) is 0 Å². The Morgan fingerprint density at radius 1 is 1.32 bits per heavy atom. The molecule has 1 aliphatic rings. The molecule has 0 unspecified atom stereocenters. The number of sulfonamides is 1. The van der Waals surface area contributed by atoms with Crippen molar-refractivity contribution in [2.45, 2.75) is 11.3 Å². The lowest BCUT2D eigenvalue weighted by atomic mass is 10.2. The fourth-order valence-electron chi connectivity index (χ4n) is 1.81. The van der Waals surface area contributed by atoms with Crippen LogP contribution >= 0.6 is 0 Å². The van der Waals surface area contributed by atoms with Crippen LogP contribution in [0.25, 0.3) is 0 Å². The maximum Gasteiger partial charge on any atom is 0.335 e. The molecule has 0 spiro atoms. The second kappa shape index (κ2) is 5.10. The quantitative estimate of drug-likeness (QED) is 0.853. The highest BCUT2D eigenvalue weighted by Gasteiger charge is 2.28. The lowest BCUT2D eigenvalue weighted by Gasteiger charge is -2.23. The molecule has 1 N–H and O–H groups in total. The summed E-state index contributed by atoms with van der Waals surface area (Å²) in [6.07, 6.45) is 4.08. The summed E-state index contributed by atoms with van der Waals surface area (Å²) >= 11 is 0. The van der Waals surface area contributed by atoms with Gasteiger partial charge in [0.2, 0.25) is 10.0 Å². The average molecular weight is 285 g/mol. The monoisotopic (exact) mass is 285 g/mol. The Morgan fingerprint density at radius 2 is 2.05 bits per heavy atom. The Morgan fingerprint density at radius 3 is 2.63 bits per heavy atom. The number of halogens is 1. The summed E-state index contributed by atoms with van der Waals surface area (Å²) in [4.78, 5) is 10.2. The second-order valence-corrected chi connectivity index (χ2v) is 5.98. The number of carboxylic acids is 1. The van der Waals surface area contributed by atoms with Crippen LogP contribution in [0.4, 0.5) is 4.39 Å². The van der Waals surface area contributed by atoms with Crippen LogP contribution < -0.4 is 0 Å². The molecule has 1 heterocycles. The van der Waals surface area contributed by atoms with Crippen molar-refractivity contribution in [1.29, 1.82) is 0 Å². The van der Waals surface area contributed by atoms with Gasteiger partial charge in [-0.25, -0.2) is 17.6 Å². The largest absolute Gasteiger partial charge is 0.478 e. The number of hydrogen-bond acceptors (Lipinski definition) is 3. The first-order chi connectivity index (χ1) is 8.93. The van der Waals surface area contributed by atoms with E-state index >= 15 is 0 Å². The molecule has 19 heavy (non-hydrogen) atoms. The molecule has 0 aromatic heterocycles. The number of hydrogen-bond donors (Lipinski definition) is 1. The third kappa shape index (κ3) is 2.66. The molecule has 0 bridgehead atoms. The van der Waals surface area contributed by atoms with Gasteiger partial charge in [-0.2, -0.15) is 4.31 Å². The number of rotatable bonds is 3. The fraction of sp³-hybridized carbons (Fsp3) is 0.250. The highest BCUT2D eigenvalue weighted by atomic mass is 32.2. The minimum Gasteiger partial charge on any atom is -0.478 e. The standard InChI is InChI=1S/C12H12FNO4S/c13-10-5-4-9(12(15)16)8-11(10)19(17,18)14-6-2-1-3-7-14/h1-2,4-5,8H,3,6-7H2,(H,15,16). The number of aromatic carboxylic acids is 1. The van der Waals surface area contributed by atoms with Crippen molar-refractivity contribution in [3.8, 4) is 0 Å². The van der Waals surface area contributed by atoms with Gasteiger partial charge in [-0.05, 0) is 24.6 Å². The van der Waals surface area contributed by atoms with Crippen LogP contribution in [0.1, 0.15) is 16.8 Å². The number of carbonyl (C=O) groups is 1. The SMILES string of the molecule is O=C(O)c1ccc(F)c(S(=O)(=O)N2CC=CCC2)c1. The van der Waals surface area contributed by atoms with E-state index in [1.807, 2.05) is 6.08 Å². The van der Waals surface area contributed by atoms with Gasteiger partial charge < -0.3 is 5.11 Å². The van der Waals surface area contributed by atoms with E-state index in [4.69, 9.17) is 5.11 Å². The van der Waals surface area contributed by atoms with Gasteiger partial charge in [0.15, 0.2) is 0 Å². The highest BCUT2D eigenvalue weighted by Crippen LogP contribution is 2.22. The Kier molecular flexibility index (Phi) is 3.68. The van der Waals surface area contributed by atoms with Gasteiger partial charge in [-0.1, -0.05) is 12.2 Å². The Hall–Kier alpha value is -1.73. The van der Waals surface area contributed by atoms with Gasteiger partial charge in [-0.15, -0.1) is 0 Å². The molecule has 5 nitrogen and oxygen atoms in total. The zero-order valence-electron chi connectivity index (χ0n) is 9.91. The normalized spacial score (nSPS) is 16.5. The van der Waals surface area contributed by atoms with E-state index in [1.54, 1.807) is 6.08 Å². The summed E-state index contributed by atoms with van der Waals surface area (Å²) in [6.45, 7) is 0.425. The molecule has 1 aromatic carbocycles. The topological polar surface area (TPSA) is 74.7 Å². The molecule has 0 saturated heterocycles. The van der Waals surface area contributed by atoms with Crippen molar-refractivity contribution in [2.75, 3.05) is 13.1 Å². The molecular formula is C12H12FNO4S. The predicted octanol–water partition coefficient (Wildman–Crippen LogP) is 1.47. The lowest BCUT2D eigenvalue weighted by Crippen LogP contribution is -2.34. The van der Waals surface area contributed by atoms with Gasteiger partial charge in [0, 0.05) is 13.1 Å². The third-order valence-electron chi connectivity index (χ3n) is 2.82. The minimum atomic E-state index is -4.00. The smallest absolute Gasteiger partial charge is 0.335 e. The molecule has 0 aliphatic carbocycles. The molecule has 1 aromatic rings. The van der Waals surface area contributed by atoms with Crippen molar-refractivity contribution in [1.82, 2.24) is 4.31 Å². The molecule has 0 radical (unpaired) electrons. The number of benzene rings is 1. The van der Waals surface area contributed by atoms with Crippen LogP contribution in [0.15, 0.2) is 35.2 Å². The molecular weight excluding hydrogens is 273 g/mol. The van der Waals surface area contributed by atoms with Crippen molar-refractivity contribution < 1.29 is 22.7 Å². The van der Waals surface area contributed by atoms with Crippen molar-refractivity contribution in [3.63, 3.8) is 0 Å². The molecule has 102 valence electrons. The van der Waals surface area contributed by atoms with Gasteiger partial charge in [-0.3, -0.25) is 0 Å². The summed E-state index contributed by atoms with van der Waals surface area (Å²) < 4.78 is 39.3. The summed E-state index contributed by atoms with van der Waals surface area (Å²) in [5, 5.41) is 8.83. The Labute approximate surface area is 110 Å². The first-order valence-electron chi connectivity index (χ1n) is 5.61. The van der Waals surface area contributed by atoms with Crippen LogP contribution in [0, 0.1) is 5.82 Å². The van der Waals surface area contributed by atoms with Gasteiger partial charge in [0.05, 0.1) is 5.56 Å². The number of carboxylic acid groups (broad SMARTS) is 1. The highest BCUT2D eigenvalue weighted by molar-refractivity contribution is 7.89. The first-order valence-corrected chi connectivity index (χ1v) is 7.05. The summed E-state index contributed by atoms with van der Waals surface area (Å²) in [5.74, 6) is -2.24. The molecule has 0 atom stereocenters. The molecule has 0 amide bonds. The molecule has 7 heteroatoms. The van der Waals surface area contributed by atoms with Crippen LogP contribution in [0.2, 0.25) is 0 Å². The van der Waals surface area contributed by atoms with Crippen molar-refractivity contribution in [2.24, 2.45) is 0 Å². The van der Waals surface area contributed by atoms with Crippen LogP contribution in [0.3, 0.4) is 0 Å². The summed E-state index contributed by atoms with van der Waals surface area (Å²) in [5.41, 5.74) is -0.257. The van der Waals surface area contributed by atoms with Gasteiger partial charge in [0.1, 0.15) is 10.7 Å². The summed E-state index contributed by atoms with van der Waals surface area (Å²) in [6, 6.07) is 2.74. The maximum absolute atomic E-state index is 13.7. The van der Waals surface area contributed by atoms with Gasteiger partial charge in [0.25, 0.3) is 0 Å². The predicted molar refractivity (Wildman–Crippen MR) is 65.9 cm³/mol. The van der Waals surface area contributed by atoms with E-state index in [-0.39, 0.29) is 18.7 Å². The van der Waals surface area contributed by atoms with Crippen LogP contribution in [-0.2, 0) is 10.0 Å².